The number of amides is 4. The maximum absolute atomic E-state index is 13.4. The fourth-order valence-electron chi connectivity index (χ4n) is 5.45. The zero-order valence-electron chi connectivity index (χ0n) is 26.8. The number of nitrogens with zero attached hydrogens (tertiary/aromatic N) is 3. The first-order chi connectivity index (χ1) is 22.2. The molecule has 0 saturated carbocycles. The minimum Gasteiger partial charge on any atom is -0.491 e. The van der Waals surface area contributed by atoms with Crippen LogP contribution in [0.15, 0.2) is 42.5 Å². The molecule has 4 amide bonds. The molecular weight excluding hydrogens is 592 g/mol. The van der Waals surface area contributed by atoms with Gasteiger partial charge in [-0.3, -0.25) is 14.3 Å². The third kappa shape index (κ3) is 8.34. The first-order valence-electron chi connectivity index (χ1n) is 15.5. The van der Waals surface area contributed by atoms with Crippen molar-refractivity contribution in [2.45, 2.75) is 52.5 Å². The number of rotatable bonds is 6. The normalized spacial score (nSPS) is 19.0. The molecule has 1 fully saturated rings. The van der Waals surface area contributed by atoms with Gasteiger partial charge in [-0.25, -0.2) is 4.79 Å². The molecule has 2 aliphatic rings. The number of hydrogen-bond donors (Lipinski definition) is 3. The Morgan fingerprint density at radius 2 is 1.87 bits per heavy atom. The molecule has 5 rings (SSSR count). The van der Waals surface area contributed by atoms with Gasteiger partial charge in [-0.15, -0.1) is 0 Å². The smallest absolute Gasteiger partial charge is 0.315 e. The number of likely N-dealkylation sites (tertiary alicyclic amines) is 1. The Morgan fingerprint density at radius 1 is 1.04 bits per heavy atom. The van der Waals surface area contributed by atoms with Crippen LogP contribution in [0.3, 0.4) is 0 Å². The highest BCUT2D eigenvalue weighted by Gasteiger charge is 2.33. The van der Waals surface area contributed by atoms with E-state index in [0.717, 1.165) is 22.5 Å². The van der Waals surface area contributed by atoms with Crippen molar-refractivity contribution in [2.24, 2.45) is 0 Å². The van der Waals surface area contributed by atoms with Crippen molar-refractivity contribution in [3.8, 4) is 17.2 Å². The van der Waals surface area contributed by atoms with Crippen LogP contribution in [0.1, 0.15) is 39.3 Å². The summed E-state index contributed by atoms with van der Waals surface area (Å²) in [5.74, 6) is 1.05. The third-order valence-electron chi connectivity index (χ3n) is 8.25. The first-order valence-corrected chi connectivity index (χ1v) is 15.5. The van der Waals surface area contributed by atoms with E-state index in [9.17, 15) is 14.4 Å². The van der Waals surface area contributed by atoms with Gasteiger partial charge in [0, 0.05) is 50.6 Å². The van der Waals surface area contributed by atoms with Crippen LogP contribution < -0.4 is 25.4 Å². The van der Waals surface area contributed by atoms with Gasteiger partial charge in [-0.05, 0) is 62.6 Å². The number of ether oxygens (including phenoxy) is 4. The van der Waals surface area contributed by atoms with Gasteiger partial charge in [0.25, 0.3) is 5.91 Å². The van der Waals surface area contributed by atoms with E-state index in [1.54, 1.807) is 34.9 Å². The van der Waals surface area contributed by atoms with Crippen LogP contribution in [0, 0.1) is 20.8 Å². The molecule has 246 valence electrons. The number of carbonyl (C=O) groups excluding carboxylic acids is 3. The fraction of sp³-hybridized carbons (Fsp3) is 0.455. The van der Waals surface area contributed by atoms with E-state index in [4.69, 9.17) is 18.9 Å². The lowest BCUT2D eigenvalue weighted by molar-refractivity contribution is -0.137. The summed E-state index contributed by atoms with van der Waals surface area (Å²) >= 11 is 0. The van der Waals surface area contributed by atoms with Crippen molar-refractivity contribution >= 4 is 17.8 Å². The summed E-state index contributed by atoms with van der Waals surface area (Å²) in [6.45, 7) is 8.15. The van der Waals surface area contributed by atoms with E-state index in [1.165, 1.54) is 0 Å². The zero-order chi connectivity index (χ0) is 32.6. The van der Waals surface area contributed by atoms with Gasteiger partial charge < -0.3 is 39.8 Å². The lowest BCUT2D eigenvalue weighted by Gasteiger charge is -2.38. The van der Waals surface area contributed by atoms with Crippen LogP contribution in [0.4, 0.5) is 4.79 Å². The van der Waals surface area contributed by atoms with Gasteiger partial charge in [-0.1, -0.05) is 12.1 Å². The van der Waals surface area contributed by atoms with Gasteiger partial charge in [0.1, 0.15) is 30.4 Å². The minimum atomic E-state index is -0.461. The van der Waals surface area contributed by atoms with E-state index in [2.05, 4.69) is 21.0 Å². The van der Waals surface area contributed by atoms with Crippen molar-refractivity contribution in [1.29, 1.82) is 0 Å². The molecular formula is C33H42N6O7. The minimum absolute atomic E-state index is 0.0597. The van der Waals surface area contributed by atoms with Crippen molar-refractivity contribution in [3.63, 3.8) is 0 Å². The Bertz CT molecular complexity index is 1560. The van der Waals surface area contributed by atoms with E-state index in [-0.39, 0.29) is 50.1 Å². The van der Waals surface area contributed by atoms with Crippen molar-refractivity contribution in [2.75, 3.05) is 46.5 Å². The Kier molecular flexibility index (Phi) is 10.8. The zero-order valence-corrected chi connectivity index (χ0v) is 26.8. The molecule has 0 spiro atoms. The molecule has 2 atom stereocenters. The number of benzene rings is 2. The third-order valence-corrected chi connectivity index (χ3v) is 8.25. The quantitative estimate of drug-likeness (QED) is 0.351. The lowest BCUT2D eigenvalue weighted by atomic mass is 10.0. The second kappa shape index (κ2) is 15.1. The predicted octanol–water partition coefficient (Wildman–Crippen LogP) is 2.85. The monoisotopic (exact) mass is 634 g/mol. The second-order valence-electron chi connectivity index (χ2n) is 11.5. The Balaban J connectivity index is 1.34. The van der Waals surface area contributed by atoms with E-state index in [1.807, 2.05) is 45.0 Å². The van der Waals surface area contributed by atoms with Crippen molar-refractivity contribution in [1.82, 2.24) is 30.6 Å². The molecule has 13 heteroatoms. The first kappa shape index (κ1) is 32.8. The van der Waals surface area contributed by atoms with Gasteiger partial charge >= 0.3 is 6.03 Å². The summed E-state index contributed by atoms with van der Waals surface area (Å²) in [5.41, 5.74) is 4.14. The predicted molar refractivity (Wildman–Crippen MR) is 169 cm³/mol. The Labute approximate surface area is 268 Å². The fourth-order valence-corrected chi connectivity index (χ4v) is 5.45. The number of hydrogen-bond acceptors (Lipinski definition) is 8. The average Bonchev–Trinajstić information content (AvgIpc) is 3.28. The van der Waals surface area contributed by atoms with Crippen LogP contribution in [0.25, 0.3) is 0 Å². The highest BCUT2D eigenvalue weighted by atomic mass is 16.5. The molecule has 1 saturated heterocycles. The Hall–Kier alpha value is -4.62. The van der Waals surface area contributed by atoms with Crippen LogP contribution in [0.2, 0.25) is 0 Å². The van der Waals surface area contributed by atoms with Crippen molar-refractivity contribution in [3.05, 3.63) is 70.5 Å². The van der Waals surface area contributed by atoms with Gasteiger partial charge in [0.05, 0.1) is 31.1 Å². The molecule has 3 aromatic rings. The molecule has 13 nitrogen and oxygen atoms in total. The number of aryl methyl sites for hydroxylation is 1. The molecule has 0 aliphatic carbocycles. The standard InChI is InChI=1S/C33H42N6O7/c1-21-22(2)37-39(23(21)3)19-31(40)38-11-8-29-30(18-38)45-20-24-6-5-7-26(14-24)46-28-16-25(15-27(17-28)44-13-12-43-4)32(41)34-9-10-35-33(42)36-29/h5-7,14-17,29-30H,8-13,18-20H2,1-4H3,(H,34,41)(H2,35,36,42)/t29-,30-/m0/s1. The SMILES string of the molecule is COCCOc1cc2cc(c1)C(=O)NCCNC(=O)N[C@H]1CCN(C(=O)Cn3nc(C)c(C)c3C)C[C@@H]1OCc1cccc(c1)O2. The molecule has 0 radical (unpaired) electrons. The topological polar surface area (TPSA) is 145 Å². The van der Waals surface area contributed by atoms with Gasteiger partial charge in [0.15, 0.2) is 0 Å². The summed E-state index contributed by atoms with van der Waals surface area (Å²) in [6, 6.07) is 11.7. The van der Waals surface area contributed by atoms with Crippen molar-refractivity contribution < 1.29 is 33.3 Å². The molecule has 2 aromatic carbocycles. The summed E-state index contributed by atoms with van der Waals surface area (Å²) in [6.07, 6.45) is 0.0563. The number of piperidine rings is 1. The summed E-state index contributed by atoms with van der Waals surface area (Å²) in [7, 11) is 1.58. The number of carbonyl (C=O) groups is 3. The lowest BCUT2D eigenvalue weighted by Crippen LogP contribution is -2.58. The molecule has 4 bridgehead atoms. The number of methoxy groups -OCH3 is 1. The highest BCUT2D eigenvalue weighted by Crippen LogP contribution is 2.29. The largest absolute Gasteiger partial charge is 0.491 e. The van der Waals surface area contributed by atoms with E-state index < -0.39 is 6.10 Å². The second-order valence-corrected chi connectivity index (χ2v) is 11.5. The molecule has 46 heavy (non-hydrogen) atoms. The van der Waals surface area contributed by atoms with Gasteiger partial charge in [0.2, 0.25) is 5.91 Å². The van der Waals surface area contributed by atoms with E-state index in [0.29, 0.717) is 55.5 Å². The molecule has 0 unspecified atom stereocenters. The number of aromatic nitrogens is 2. The summed E-state index contributed by atoms with van der Waals surface area (Å²) in [4.78, 5) is 41.0. The van der Waals surface area contributed by atoms with Gasteiger partial charge in [-0.2, -0.15) is 5.10 Å². The number of fused-ring (bicyclic) bond motifs is 5. The van der Waals surface area contributed by atoms with E-state index >= 15 is 0 Å². The molecule has 1 aromatic heterocycles. The maximum atomic E-state index is 13.4. The molecule has 3 heterocycles. The summed E-state index contributed by atoms with van der Waals surface area (Å²) < 4.78 is 25.1. The van der Waals surface area contributed by atoms with Crippen LogP contribution in [-0.2, 0) is 27.4 Å². The number of nitrogens with one attached hydrogen (secondary N) is 3. The molecule has 2 aliphatic heterocycles. The number of urea groups is 1. The van der Waals surface area contributed by atoms with Crippen LogP contribution in [0.5, 0.6) is 17.2 Å². The van der Waals surface area contributed by atoms with Crippen LogP contribution in [-0.4, -0.2) is 91.2 Å². The molecule has 3 N–H and O–H groups in total. The summed E-state index contributed by atoms with van der Waals surface area (Å²) in [5, 5.41) is 13.2. The highest BCUT2D eigenvalue weighted by molar-refractivity contribution is 5.95. The maximum Gasteiger partial charge on any atom is 0.315 e. The average molecular weight is 635 g/mol. The Morgan fingerprint density at radius 3 is 2.65 bits per heavy atom. The van der Waals surface area contributed by atoms with Crippen LogP contribution >= 0.6 is 0 Å².